The SMILES string of the molecule is O=C(O)CC[C@@H]1CCCN(C(=O)[C@H]2Cc3cc(Cl)ccc3O2)C1. The summed E-state index contributed by atoms with van der Waals surface area (Å²) >= 11 is 5.98. The molecule has 1 saturated heterocycles. The van der Waals surface area contributed by atoms with Gasteiger partial charge in [-0.25, -0.2) is 0 Å². The van der Waals surface area contributed by atoms with Gasteiger partial charge in [-0.2, -0.15) is 0 Å². The lowest BCUT2D eigenvalue weighted by molar-refractivity contribution is -0.140. The number of carbonyl (C=O) groups is 2. The number of aliphatic carboxylic acids is 1. The third-order valence-electron chi connectivity index (χ3n) is 4.57. The minimum Gasteiger partial charge on any atom is -0.481 e. The molecular formula is C17H20ClNO4. The van der Waals surface area contributed by atoms with E-state index in [4.69, 9.17) is 21.4 Å². The molecule has 2 aliphatic heterocycles. The monoisotopic (exact) mass is 337 g/mol. The number of ether oxygens (including phenoxy) is 1. The van der Waals surface area contributed by atoms with Crippen LogP contribution in [0.3, 0.4) is 0 Å². The molecule has 0 radical (unpaired) electrons. The molecule has 0 bridgehead atoms. The van der Waals surface area contributed by atoms with E-state index in [0.29, 0.717) is 24.4 Å². The molecular weight excluding hydrogens is 318 g/mol. The highest BCUT2D eigenvalue weighted by atomic mass is 35.5. The third-order valence-corrected chi connectivity index (χ3v) is 4.80. The highest BCUT2D eigenvalue weighted by molar-refractivity contribution is 6.30. The summed E-state index contributed by atoms with van der Waals surface area (Å²) in [5, 5.41) is 9.45. The molecule has 3 rings (SSSR count). The molecule has 0 aliphatic carbocycles. The number of benzene rings is 1. The number of amides is 1. The average molecular weight is 338 g/mol. The van der Waals surface area contributed by atoms with Crippen molar-refractivity contribution < 1.29 is 19.4 Å². The van der Waals surface area contributed by atoms with Gasteiger partial charge in [0.2, 0.25) is 0 Å². The Morgan fingerprint density at radius 2 is 2.22 bits per heavy atom. The fourth-order valence-corrected chi connectivity index (χ4v) is 3.58. The number of halogens is 1. The van der Waals surface area contributed by atoms with Crippen LogP contribution in [0.15, 0.2) is 18.2 Å². The standard InChI is InChI=1S/C17H20ClNO4/c18-13-4-5-14-12(8-13)9-15(23-14)17(22)19-7-1-2-11(10-19)3-6-16(20)21/h4-5,8,11,15H,1-3,6-7,9-10H2,(H,20,21)/t11-,15+/m0/s1. The van der Waals surface area contributed by atoms with Gasteiger partial charge < -0.3 is 14.7 Å². The zero-order valence-electron chi connectivity index (χ0n) is 12.8. The van der Waals surface area contributed by atoms with Gasteiger partial charge >= 0.3 is 5.97 Å². The number of hydrogen-bond donors (Lipinski definition) is 1. The number of carboxylic acid groups (broad SMARTS) is 1. The van der Waals surface area contributed by atoms with Crippen molar-refractivity contribution in [3.8, 4) is 5.75 Å². The lowest BCUT2D eigenvalue weighted by Crippen LogP contribution is -2.46. The van der Waals surface area contributed by atoms with E-state index in [-0.39, 0.29) is 18.2 Å². The summed E-state index contributed by atoms with van der Waals surface area (Å²) in [6.07, 6.45) is 2.75. The molecule has 1 aromatic rings. The van der Waals surface area contributed by atoms with E-state index in [1.54, 1.807) is 12.1 Å². The van der Waals surface area contributed by atoms with Crippen LogP contribution in [0.4, 0.5) is 0 Å². The highest BCUT2D eigenvalue weighted by Gasteiger charge is 2.34. The van der Waals surface area contributed by atoms with Crippen molar-refractivity contribution in [1.82, 2.24) is 4.90 Å². The van der Waals surface area contributed by atoms with Crippen molar-refractivity contribution in [2.45, 2.75) is 38.2 Å². The summed E-state index contributed by atoms with van der Waals surface area (Å²) in [7, 11) is 0. The summed E-state index contributed by atoms with van der Waals surface area (Å²) in [4.78, 5) is 25.2. The quantitative estimate of drug-likeness (QED) is 0.917. The van der Waals surface area contributed by atoms with Gasteiger partial charge in [-0.1, -0.05) is 11.6 Å². The second-order valence-electron chi connectivity index (χ2n) is 6.29. The fraction of sp³-hybridized carbons (Fsp3) is 0.529. The summed E-state index contributed by atoms with van der Waals surface area (Å²) in [5.41, 5.74) is 0.968. The van der Waals surface area contributed by atoms with E-state index >= 15 is 0 Å². The molecule has 2 heterocycles. The first-order chi connectivity index (χ1) is 11.0. The molecule has 23 heavy (non-hydrogen) atoms. The first-order valence-corrected chi connectivity index (χ1v) is 8.36. The minimum absolute atomic E-state index is 0.00246. The molecule has 124 valence electrons. The van der Waals surface area contributed by atoms with Gasteiger partial charge in [0, 0.05) is 31.0 Å². The molecule has 1 aromatic carbocycles. The maximum Gasteiger partial charge on any atom is 0.303 e. The predicted octanol–water partition coefficient (Wildman–Crippen LogP) is 2.75. The Morgan fingerprint density at radius 1 is 1.39 bits per heavy atom. The summed E-state index contributed by atoms with van der Waals surface area (Å²) in [6, 6.07) is 5.41. The molecule has 2 atom stereocenters. The zero-order valence-corrected chi connectivity index (χ0v) is 13.6. The topological polar surface area (TPSA) is 66.8 Å². The molecule has 0 spiro atoms. The number of rotatable bonds is 4. The molecule has 5 nitrogen and oxygen atoms in total. The van der Waals surface area contributed by atoms with Crippen molar-refractivity contribution >= 4 is 23.5 Å². The van der Waals surface area contributed by atoms with Gasteiger partial charge in [-0.3, -0.25) is 9.59 Å². The van der Waals surface area contributed by atoms with Crippen LogP contribution in [0, 0.1) is 5.92 Å². The number of carboxylic acids is 1. The molecule has 1 amide bonds. The van der Waals surface area contributed by atoms with E-state index in [0.717, 1.165) is 30.7 Å². The second kappa shape index (κ2) is 6.79. The zero-order chi connectivity index (χ0) is 16.4. The van der Waals surface area contributed by atoms with Crippen LogP contribution in [0.2, 0.25) is 5.02 Å². The molecule has 0 saturated carbocycles. The third kappa shape index (κ3) is 3.78. The van der Waals surface area contributed by atoms with E-state index in [2.05, 4.69) is 0 Å². The Hall–Kier alpha value is -1.75. The summed E-state index contributed by atoms with van der Waals surface area (Å²) < 4.78 is 5.77. The lowest BCUT2D eigenvalue weighted by Gasteiger charge is -2.34. The average Bonchev–Trinajstić information content (AvgIpc) is 2.95. The second-order valence-corrected chi connectivity index (χ2v) is 6.72. The Balaban J connectivity index is 1.59. The number of fused-ring (bicyclic) bond motifs is 1. The van der Waals surface area contributed by atoms with Crippen LogP contribution >= 0.6 is 11.6 Å². The molecule has 2 aliphatic rings. The lowest BCUT2D eigenvalue weighted by atomic mass is 9.93. The largest absolute Gasteiger partial charge is 0.481 e. The smallest absolute Gasteiger partial charge is 0.303 e. The van der Waals surface area contributed by atoms with Crippen LogP contribution in [-0.2, 0) is 16.0 Å². The number of hydrogen-bond acceptors (Lipinski definition) is 3. The maximum absolute atomic E-state index is 12.7. The Bertz CT molecular complexity index is 619. The highest BCUT2D eigenvalue weighted by Crippen LogP contribution is 2.32. The van der Waals surface area contributed by atoms with E-state index < -0.39 is 12.1 Å². The van der Waals surface area contributed by atoms with Gasteiger partial charge in [0.25, 0.3) is 5.91 Å². The first-order valence-electron chi connectivity index (χ1n) is 7.98. The van der Waals surface area contributed by atoms with Crippen LogP contribution < -0.4 is 4.74 Å². The molecule has 0 aromatic heterocycles. The number of carbonyl (C=O) groups excluding carboxylic acids is 1. The number of likely N-dealkylation sites (tertiary alicyclic amines) is 1. The van der Waals surface area contributed by atoms with Crippen molar-refractivity contribution in [1.29, 1.82) is 0 Å². The van der Waals surface area contributed by atoms with Crippen molar-refractivity contribution in [3.05, 3.63) is 28.8 Å². The van der Waals surface area contributed by atoms with Crippen LogP contribution in [0.25, 0.3) is 0 Å². The van der Waals surface area contributed by atoms with Crippen molar-refractivity contribution in [2.24, 2.45) is 5.92 Å². The first kappa shape index (κ1) is 16.1. The Morgan fingerprint density at radius 3 is 3.00 bits per heavy atom. The van der Waals surface area contributed by atoms with Crippen LogP contribution in [0.1, 0.15) is 31.2 Å². The van der Waals surface area contributed by atoms with E-state index in [1.165, 1.54) is 0 Å². The van der Waals surface area contributed by atoms with Gasteiger partial charge in [0.15, 0.2) is 6.10 Å². The van der Waals surface area contributed by atoms with Crippen LogP contribution in [0.5, 0.6) is 5.75 Å². The van der Waals surface area contributed by atoms with E-state index in [1.807, 2.05) is 11.0 Å². The van der Waals surface area contributed by atoms with E-state index in [9.17, 15) is 9.59 Å². The van der Waals surface area contributed by atoms with Gasteiger partial charge in [0.05, 0.1) is 0 Å². The number of piperidine rings is 1. The molecule has 1 N–H and O–H groups in total. The summed E-state index contributed by atoms with van der Waals surface area (Å²) in [6.45, 7) is 1.35. The number of nitrogens with zero attached hydrogens (tertiary/aromatic N) is 1. The molecule has 6 heteroatoms. The molecule has 1 fully saturated rings. The predicted molar refractivity (Wildman–Crippen MR) is 85.7 cm³/mol. The Labute approximate surface area is 140 Å². The fourth-order valence-electron chi connectivity index (χ4n) is 3.39. The minimum atomic E-state index is -0.778. The normalized spacial score (nSPS) is 23.3. The van der Waals surface area contributed by atoms with Gasteiger partial charge in [0.1, 0.15) is 5.75 Å². The van der Waals surface area contributed by atoms with Crippen LogP contribution in [-0.4, -0.2) is 41.1 Å². The Kier molecular flexibility index (Phi) is 4.76. The van der Waals surface area contributed by atoms with Crippen molar-refractivity contribution in [3.63, 3.8) is 0 Å². The van der Waals surface area contributed by atoms with Gasteiger partial charge in [-0.15, -0.1) is 0 Å². The van der Waals surface area contributed by atoms with Crippen molar-refractivity contribution in [2.75, 3.05) is 13.1 Å². The maximum atomic E-state index is 12.7. The molecule has 0 unspecified atom stereocenters. The van der Waals surface area contributed by atoms with Gasteiger partial charge in [-0.05, 0) is 48.9 Å². The summed E-state index contributed by atoms with van der Waals surface area (Å²) in [5.74, 6) is 0.214.